The van der Waals surface area contributed by atoms with Crippen molar-refractivity contribution >= 4 is 0 Å². The Morgan fingerprint density at radius 3 is 2.24 bits per heavy atom. The molecule has 2 aliphatic rings. The zero-order valence-corrected chi connectivity index (χ0v) is 10.3. The molecule has 2 nitrogen and oxygen atoms in total. The van der Waals surface area contributed by atoms with E-state index in [1.165, 1.54) is 50.8 Å². The summed E-state index contributed by atoms with van der Waals surface area (Å²) in [6.07, 6.45) is 6.65. The van der Waals surface area contributed by atoms with Gasteiger partial charge in [0, 0.05) is 0 Å². The lowest BCUT2D eigenvalue weighted by molar-refractivity contribution is 0.116. The van der Waals surface area contributed by atoms with Gasteiger partial charge in [-0.15, -0.1) is 0 Å². The Bertz CT molecular complexity index is 374. The van der Waals surface area contributed by atoms with Crippen LogP contribution in [0.25, 0.3) is 0 Å². The standard InChI is InChI=1S/C15H21NO/c17-14-4-2-12(3-5-14)15(8-1-9-15)13-6-10-16-11-7-13/h2-5,13,16-17H,1,6-11H2. The van der Waals surface area contributed by atoms with Crippen molar-refractivity contribution in [3.63, 3.8) is 0 Å². The van der Waals surface area contributed by atoms with Crippen molar-refractivity contribution in [3.05, 3.63) is 29.8 Å². The summed E-state index contributed by atoms with van der Waals surface area (Å²) in [5.74, 6) is 1.22. The number of aromatic hydroxyl groups is 1. The van der Waals surface area contributed by atoms with Gasteiger partial charge in [0.25, 0.3) is 0 Å². The van der Waals surface area contributed by atoms with Crippen LogP contribution in [0.5, 0.6) is 5.75 Å². The molecule has 1 saturated heterocycles. The van der Waals surface area contributed by atoms with Gasteiger partial charge in [0.2, 0.25) is 0 Å². The molecule has 2 heteroatoms. The second-order valence-corrected chi connectivity index (χ2v) is 5.58. The Morgan fingerprint density at radius 1 is 1.06 bits per heavy atom. The number of hydrogen-bond acceptors (Lipinski definition) is 2. The Hall–Kier alpha value is -1.02. The number of piperidine rings is 1. The number of nitrogens with one attached hydrogen (secondary N) is 1. The first-order chi connectivity index (χ1) is 8.31. The molecule has 3 rings (SSSR count). The minimum Gasteiger partial charge on any atom is -0.508 e. The number of phenols is 1. The molecular weight excluding hydrogens is 210 g/mol. The fourth-order valence-electron chi connectivity index (χ4n) is 3.66. The van der Waals surface area contributed by atoms with Gasteiger partial charge in [-0.25, -0.2) is 0 Å². The topological polar surface area (TPSA) is 32.3 Å². The first-order valence-corrected chi connectivity index (χ1v) is 6.81. The van der Waals surface area contributed by atoms with Crippen LogP contribution in [0.4, 0.5) is 0 Å². The highest BCUT2D eigenvalue weighted by atomic mass is 16.3. The maximum atomic E-state index is 9.41. The molecule has 0 bridgehead atoms. The van der Waals surface area contributed by atoms with Crippen molar-refractivity contribution < 1.29 is 5.11 Å². The lowest BCUT2D eigenvalue weighted by Gasteiger charge is -2.50. The Morgan fingerprint density at radius 2 is 1.71 bits per heavy atom. The third-order valence-electron chi connectivity index (χ3n) is 4.81. The molecule has 92 valence electrons. The molecule has 1 saturated carbocycles. The van der Waals surface area contributed by atoms with E-state index in [1.807, 2.05) is 12.1 Å². The summed E-state index contributed by atoms with van der Waals surface area (Å²) < 4.78 is 0. The largest absolute Gasteiger partial charge is 0.508 e. The molecule has 2 fully saturated rings. The van der Waals surface area contributed by atoms with Crippen LogP contribution in [0.1, 0.15) is 37.7 Å². The number of hydrogen-bond donors (Lipinski definition) is 2. The molecule has 0 atom stereocenters. The first kappa shape index (κ1) is 11.1. The van der Waals surface area contributed by atoms with Crippen molar-refractivity contribution in [3.8, 4) is 5.75 Å². The van der Waals surface area contributed by atoms with E-state index in [2.05, 4.69) is 17.4 Å². The molecule has 0 radical (unpaired) electrons. The van der Waals surface area contributed by atoms with Gasteiger partial charge in [-0.05, 0) is 67.8 Å². The average molecular weight is 231 g/mol. The molecule has 1 aromatic carbocycles. The van der Waals surface area contributed by atoms with Crippen LogP contribution >= 0.6 is 0 Å². The van der Waals surface area contributed by atoms with Crippen LogP contribution in [0.15, 0.2) is 24.3 Å². The van der Waals surface area contributed by atoms with Gasteiger partial charge in [0.1, 0.15) is 5.75 Å². The number of phenolic OH excluding ortho intramolecular Hbond substituents is 1. The van der Waals surface area contributed by atoms with Gasteiger partial charge in [-0.1, -0.05) is 18.6 Å². The van der Waals surface area contributed by atoms with Crippen LogP contribution in [0.3, 0.4) is 0 Å². The summed E-state index contributed by atoms with van der Waals surface area (Å²) >= 11 is 0. The summed E-state index contributed by atoms with van der Waals surface area (Å²) in [6, 6.07) is 7.96. The molecule has 1 aliphatic heterocycles. The third-order valence-corrected chi connectivity index (χ3v) is 4.81. The average Bonchev–Trinajstić information content (AvgIpc) is 2.32. The molecule has 17 heavy (non-hydrogen) atoms. The van der Waals surface area contributed by atoms with Crippen LogP contribution in [-0.4, -0.2) is 18.2 Å². The zero-order valence-electron chi connectivity index (χ0n) is 10.3. The molecule has 0 amide bonds. The molecule has 1 heterocycles. The van der Waals surface area contributed by atoms with E-state index >= 15 is 0 Å². The van der Waals surface area contributed by atoms with Gasteiger partial charge in [0.05, 0.1) is 0 Å². The Balaban J connectivity index is 1.87. The van der Waals surface area contributed by atoms with Crippen LogP contribution < -0.4 is 5.32 Å². The van der Waals surface area contributed by atoms with Gasteiger partial charge in [0.15, 0.2) is 0 Å². The summed E-state index contributed by atoms with van der Waals surface area (Å²) in [5, 5.41) is 12.9. The van der Waals surface area contributed by atoms with E-state index in [0.717, 1.165) is 5.92 Å². The van der Waals surface area contributed by atoms with Gasteiger partial charge in [-0.3, -0.25) is 0 Å². The summed E-state index contributed by atoms with van der Waals surface area (Å²) in [7, 11) is 0. The van der Waals surface area contributed by atoms with Gasteiger partial charge < -0.3 is 10.4 Å². The molecular formula is C15H21NO. The fraction of sp³-hybridized carbons (Fsp3) is 0.600. The molecule has 0 spiro atoms. The monoisotopic (exact) mass is 231 g/mol. The minimum atomic E-state index is 0.383. The lowest BCUT2D eigenvalue weighted by Crippen LogP contribution is -2.46. The highest BCUT2D eigenvalue weighted by molar-refractivity contribution is 5.34. The number of benzene rings is 1. The predicted octanol–water partition coefficient (Wildman–Crippen LogP) is 2.81. The van der Waals surface area contributed by atoms with Crippen LogP contribution in [-0.2, 0) is 5.41 Å². The van der Waals surface area contributed by atoms with E-state index < -0.39 is 0 Å². The Kier molecular flexibility index (Phi) is 2.83. The van der Waals surface area contributed by atoms with Crippen molar-refractivity contribution in [1.29, 1.82) is 0 Å². The van der Waals surface area contributed by atoms with Crippen molar-refractivity contribution in [2.75, 3.05) is 13.1 Å². The van der Waals surface area contributed by atoms with E-state index in [0.29, 0.717) is 11.2 Å². The second kappa shape index (κ2) is 4.34. The fourth-order valence-corrected chi connectivity index (χ4v) is 3.66. The van der Waals surface area contributed by atoms with Crippen LogP contribution in [0, 0.1) is 5.92 Å². The number of rotatable bonds is 2. The summed E-state index contributed by atoms with van der Waals surface area (Å²) in [6.45, 7) is 2.34. The first-order valence-electron chi connectivity index (χ1n) is 6.81. The zero-order chi connectivity index (χ0) is 11.7. The van der Waals surface area contributed by atoms with Crippen LogP contribution in [0.2, 0.25) is 0 Å². The van der Waals surface area contributed by atoms with Gasteiger partial charge in [-0.2, -0.15) is 0 Å². The third kappa shape index (κ3) is 1.85. The SMILES string of the molecule is Oc1ccc(C2(C3CCNCC3)CCC2)cc1. The lowest BCUT2D eigenvalue weighted by atomic mass is 9.55. The van der Waals surface area contributed by atoms with E-state index in [9.17, 15) is 5.11 Å². The molecule has 0 aromatic heterocycles. The summed E-state index contributed by atoms with van der Waals surface area (Å²) in [4.78, 5) is 0. The Labute approximate surface area is 103 Å². The molecule has 1 aromatic rings. The van der Waals surface area contributed by atoms with Gasteiger partial charge >= 0.3 is 0 Å². The van der Waals surface area contributed by atoms with Crippen molar-refractivity contribution in [2.24, 2.45) is 5.92 Å². The van der Waals surface area contributed by atoms with E-state index in [1.54, 1.807) is 0 Å². The summed E-state index contributed by atoms with van der Waals surface area (Å²) in [5.41, 5.74) is 1.88. The maximum absolute atomic E-state index is 9.41. The predicted molar refractivity (Wildman–Crippen MR) is 69.2 cm³/mol. The normalized spacial score (nSPS) is 24.2. The van der Waals surface area contributed by atoms with Crippen molar-refractivity contribution in [2.45, 2.75) is 37.5 Å². The quantitative estimate of drug-likeness (QED) is 0.820. The molecule has 1 aliphatic carbocycles. The van der Waals surface area contributed by atoms with E-state index in [-0.39, 0.29) is 0 Å². The second-order valence-electron chi connectivity index (χ2n) is 5.58. The maximum Gasteiger partial charge on any atom is 0.115 e. The van der Waals surface area contributed by atoms with E-state index in [4.69, 9.17) is 0 Å². The molecule has 0 unspecified atom stereocenters. The minimum absolute atomic E-state index is 0.383. The smallest absolute Gasteiger partial charge is 0.115 e. The molecule has 2 N–H and O–H groups in total. The highest BCUT2D eigenvalue weighted by Gasteiger charge is 2.45. The highest BCUT2D eigenvalue weighted by Crippen LogP contribution is 2.52. The van der Waals surface area contributed by atoms with Crippen molar-refractivity contribution in [1.82, 2.24) is 5.32 Å².